The maximum atomic E-state index is 12.5. The molecule has 150 valence electrons. The summed E-state index contributed by atoms with van der Waals surface area (Å²) in [5, 5.41) is 13.2. The number of amides is 1. The van der Waals surface area contributed by atoms with Crippen LogP contribution >= 0.6 is 23.4 Å². The predicted octanol–water partition coefficient (Wildman–Crippen LogP) is 4.82. The smallest absolute Gasteiger partial charge is 0.230 e. The summed E-state index contributed by atoms with van der Waals surface area (Å²) in [7, 11) is 0. The molecule has 1 aromatic carbocycles. The van der Waals surface area contributed by atoms with Crippen LogP contribution in [0.4, 0.5) is 0 Å². The van der Waals surface area contributed by atoms with Crippen molar-refractivity contribution in [1.29, 1.82) is 0 Å². The predicted molar refractivity (Wildman–Crippen MR) is 115 cm³/mol. The average molecular weight is 419 g/mol. The lowest BCUT2D eigenvalue weighted by atomic mass is 9.78. The highest BCUT2D eigenvalue weighted by atomic mass is 35.5. The lowest BCUT2D eigenvalue weighted by molar-refractivity contribution is -0.120. The Morgan fingerprint density at radius 3 is 2.79 bits per heavy atom. The van der Waals surface area contributed by atoms with Crippen molar-refractivity contribution in [3.8, 4) is 11.4 Å². The minimum absolute atomic E-state index is 0.0529. The molecule has 28 heavy (non-hydrogen) atoms. The van der Waals surface area contributed by atoms with Gasteiger partial charge in [-0.25, -0.2) is 0 Å². The van der Waals surface area contributed by atoms with Gasteiger partial charge in [0.2, 0.25) is 5.91 Å². The molecule has 3 atom stereocenters. The van der Waals surface area contributed by atoms with E-state index in [0.29, 0.717) is 34.3 Å². The Hall–Kier alpha value is -1.79. The molecule has 1 heterocycles. The first-order chi connectivity index (χ1) is 13.5. The molecule has 0 radical (unpaired) electrons. The number of aromatic nitrogens is 3. The molecule has 5 nitrogen and oxygen atoms in total. The van der Waals surface area contributed by atoms with E-state index in [9.17, 15) is 4.79 Å². The molecule has 1 aliphatic carbocycles. The summed E-state index contributed by atoms with van der Waals surface area (Å²) in [6, 6.07) is 7.76. The lowest BCUT2D eigenvalue weighted by Gasteiger charge is -2.34. The molecule has 3 rings (SSSR count). The van der Waals surface area contributed by atoms with Gasteiger partial charge in [-0.15, -0.1) is 16.8 Å². The van der Waals surface area contributed by atoms with Gasteiger partial charge in [0.15, 0.2) is 11.0 Å². The second-order valence-corrected chi connectivity index (χ2v) is 8.82. The fourth-order valence-corrected chi connectivity index (χ4v) is 4.55. The molecule has 0 bridgehead atoms. The van der Waals surface area contributed by atoms with Crippen LogP contribution in [0.15, 0.2) is 42.1 Å². The van der Waals surface area contributed by atoms with Crippen LogP contribution in [-0.2, 0) is 11.3 Å². The normalized spacial score (nSPS) is 22.0. The van der Waals surface area contributed by atoms with Gasteiger partial charge in [-0.2, -0.15) is 0 Å². The van der Waals surface area contributed by atoms with Gasteiger partial charge in [-0.1, -0.05) is 56.1 Å². The first-order valence-corrected chi connectivity index (χ1v) is 11.1. The molecule has 1 N–H and O–H groups in total. The third kappa shape index (κ3) is 4.97. The Morgan fingerprint density at radius 2 is 2.07 bits per heavy atom. The number of hydrogen-bond donors (Lipinski definition) is 1. The van der Waals surface area contributed by atoms with Gasteiger partial charge < -0.3 is 5.32 Å². The van der Waals surface area contributed by atoms with Gasteiger partial charge in [-0.3, -0.25) is 9.36 Å². The van der Waals surface area contributed by atoms with Gasteiger partial charge in [0, 0.05) is 23.2 Å². The van der Waals surface area contributed by atoms with E-state index in [1.165, 1.54) is 24.6 Å². The number of allylic oxidation sites excluding steroid dienone is 1. The van der Waals surface area contributed by atoms with E-state index in [1.807, 2.05) is 28.8 Å². The van der Waals surface area contributed by atoms with E-state index in [4.69, 9.17) is 11.6 Å². The van der Waals surface area contributed by atoms with Gasteiger partial charge in [0.25, 0.3) is 0 Å². The molecule has 0 aliphatic heterocycles. The number of carbonyl (C=O) groups excluding carboxylic acids is 1. The van der Waals surface area contributed by atoms with E-state index in [2.05, 4.69) is 35.9 Å². The zero-order chi connectivity index (χ0) is 20.1. The minimum Gasteiger partial charge on any atom is -0.352 e. The third-order valence-electron chi connectivity index (χ3n) is 5.52. The fourth-order valence-electron chi connectivity index (χ4n) is 3.67. The van der Waals surface area contributed by atoms with Crippen molar-refractivity contribution in [3.05, 3.63) is 41.9 Å². The van der Waals surface area contributed by atoms with Crippen molar-refractivity contribution >= 4 is 29.3 Å². The molecular weight excluding hydrogens is 392 g/mol. The molecule has 2 aromatic rings. The SMILES string of the molecule is C=CCn1c(SCC(=O)N[C@H]2CCC[C@@H](C)[C@H]2C)nnc1-c1ccc(Cl)cc1. The minimum atomic E-state index is 0.0529. The third-order valence-corrected chi connectivity index (χ3v) is 6.74. The van der Waals surface area contributed by atoms with Crippen molar-refractivity contribution in [2.24, 2.45) is 11.8 Å². The topological polar surface area (TPSA) is 59.8 Å². The number of nitrogens with one attached hydrogen (secondary N) is 1. The van der Waals surface area contributed by atoms with Crippen LogP contribution in [0, 0.1) is 11.8 Å². The molecule has 1 aliphatic rings. The van der Waals surface area contributed by atoms with Crippen LogP contribution in [0.3, 0.4) is 0 Å². The molecular formula is C21H27ClN4OS. The molecule has 1 fully saturated rings. The van der Waals surface area contributed by atoms with Crippen molar-refractivity contribution in [2.45, 2.75) is 50.9 Å². The molecule has 0 saturated heterocycles. The summed E-state index contributed by atoms with van der Waals surface area (Å²) in [5.74, 6) is 2.30. The first kappa shape index (κ1) is 20.9. The number of halogens is 1. The Labute approximate surface area is 176 Å². The van der Waals surface area contributed by atoms with Crippen molar-refractivity contribution in [3.63, 3.8) is 0 Å². The van der Waals surface area contributed by atoms with E-state index >= 15 is 0 Å². The highest BCUT2D eigenvalue weighted by Crippen LogP contribution is 2.30. The summed E-state index contributed by atoms with van der Waals surface area (Å²) in [6.07, 6.45) is 5.30. The van der Waals surface area contributed by atoms with Crippen molar-refractivity contribution in [2.75, 3.05) is 5.75 Å². The summed E-state index contributed by atoms with van der Waals surface area (Å²) >= 11 is 7.39. The zero-order valence-corrected chi connectivity index (χ0v) is 18.0. The standard InChI is InChI=1S/C21H27ClN4OS/c1-4-12-26-20(16-8-10-17(22)11-9-16)24-25-21(26)28-13-19(27)23-18-7-5-6-14(2)15(18)3/h4,8-11,14-15,18H,1,5-7,12-13H2,2-3H3,(H,23,27)/t14-,15-,18+/m1/s1. The van der Waals surface area contributed by atoms with Crippen LogP contribution in [0.5, 0.6) is 0 Å². The number of carbonyl (C=O) groups is 1. The second kappa shape index (κ2) is 9.61. The van der Waals surface area contributed by atoms with Crippen LogP contribution in [-0.4, -0.2) is 32.5 Å². The molecule has 1 saturated carbocycles. The van der Waals surface area contributed by atoms with Crippen LogP contribution in [0.2, 0.25) is 5.02 Å². The van der Waals surface area contributed by atoms with Gasteiger partial charge in [0.05, 0.1) is 5.75 Å². The quantitative estimate of drug-likeness (QED) is 0.517. The monoisotopic (exact) mass is 418 g/mol. The van der Waals surface area contributed by atoms with Crippen LogP contribution < -0.4 is 5.32 Å². The second-order valence-electron chi connectivity index (χ2n) is 7.44. The van der Waals surface area contributed by atoms with Gasteiger partial charge in [-0.05, 0) is 42.5 Å². The van der Waals surface area contributed by atoms with Crippen molar-refractivity contribution < 1.29 is 4.79 Å². The molecule has 7 heteroatoms. The Morgan fingerprint density at radius 1 is 1.32 bits per heavy atom. The highest BCUT2D eigenvalue weighted by molar-refractivity contribution is 7.99. The Balaban J connectivity index is 1.66. The summed E-state index contributed by atoms with van der Waals surface area (Å²) in [5.41, 5.74) is 0.931. The molecule has 1 amide bonds. The number of hydrogen-bond acceptors (Lipinski definition) is 4. The van der Waals surface area contributed by atoms with E-state index in [0.717, 1.165) is 17.8 Å². The molecule has 0 unspecified atom stereocenters. The van der Waals surface area contributed by atoms with E-state index in [-0.39, 0.29) is 11.9 Å². The van der Waals surface area contributed by atoms with Crippen molar-refractivity contribution in [1.82, 2.24) is 20.1 Å². The number of benzene rings is 1. The maximum Gasteiger partial charge on any atom is 0.230 e. The molecule has 1 aromatic heterocycles. The highest BCUT2D eigenvalue weighted by Gasteiger charge is 2.28. The van der Waals surface area contributed by atoms with Crippen LogP contribution in [0.25, 0.3) is 11.4 Å². The molecule has 0 spiro atoms. The number of nitrogens with zero attached hydrogens (tertiary/aromatic N) is 3. The summed E-state index contributed by atoms with van der Waals surface area (Å²) < 4.78 is 1.97. The average Bonchev–Trinajstić information content (AvgIpc) is 3.07. The van der Waals surface area contributed by atoms with Gasteiger partial charge >= 0.3 is 0 Å². The van der Waals surface area contributed by atoms with Crippen LogP contribution in [0.1, 0.15) is 33.1 Å². The Bertz CT molecular complexity index is 820. The lowest BCUT2D eigenvalue weighted by Crippen LogP contribution is -2.44. The largest absolute Gasteiger partial charge is 0.352 e. The van der Waals surface area contributed by atoms with E-state index in [1.54, 1.807) is 6.08 Å². The zero-order valence-electron chi connectivity index (χ0n) is 16.4. The first-order valence-electron chi connectivity index (χ1n) is 9.71. The summed E-state index contributed by atoms with van der Waals surface area (Å²) in [4.78, 5) is 12.5. The van der Waals surface area contributed by atoms with E-state index < -0.39 is 0 Å². The maximum absolute atomic E-state index is 12.5. The fraction of sp³-hybridized carbons (Fsp3) is 0.476. The number of thioether (sulfide) groups is 1. The van der Waals surface area contributed by atoms with Gasteiger partial charge in [0.1, 0.15) is 0 Å². The number of rotatable bonds is 7. The summed E-state index contributed by atoms with van der Waals surface area (Å²) in [6.45, 7) is 8.91. The Kier molecular flexibility index (Phi) is 7.18.